The molecule has 0 unspecified atom stereocenters. The van der Waals surface area contributed by atoms with Crippen LogP contribution in [-0.4, -0.2) is 47.1 Å². The van der Waals surface area contributed by atoms with Crippen molar-refractivity contribution in [2.75, 3.05) is 11.9 Å². The first-order valence-corrected chi connectivity index (χ1v) is 7.19. The van der Waals surface area contributed by atoms with Crippen molar-refractivity contribution in [2.24, 2.45) is 0 Å². The highest BCUT2D eigenvalue weighted by Gasteiger charge is 2.32. The molecular weight excluding hydrogens is 288 g/mol. The zero-order valence-electron chi connectivity index (χ0n) is 12.1. The molecule has 0 aliphatic carbocycles. The van der Waals surface area contributed by atoms with E-state index in [2.05, 4.69) is 10.6 Å². The third kappa shape index (κ3) is 4.71. The van der Waals surface area contributed by atoms with Gasteiger partial charge in [0.1, 0.15) is 6.10 Å². The summed E-state index contributed by atoms with van der Waals surface area (Å²) in [6, 6.07) is 8.28. The Labute approximate surface area is 128 Å². The molecule has 0 spiro atoms. The molecule has 1 aliphatic heterocycles. The molecule has 7 heteroatoms. The molecule has 7 nitrogen and oxygen atoms in total. The Bertz CT molecular complexity index is 508. The van der Waals surface area contributed by atoms with Gasteiger partial charge in [-0.05, 0) is 25.0 Å². The van der Waals surface area contributed by atoms with Crippen LogP contribution in [0.3, 0.4) is 0 Å². The van der Waals surface area contributed by atoms with Gasteiger partial charge >= 0.3 is 12.0 Å². The van der Waals surface area contributed by atoms with Crippen molar-refractivity contribution in [1.29, 1.82) is 0 Å². The van der Waals surface area contributed by atoms with Gasteiger partial charge in [-0.15, -0.1) is 0 Å². The number of nitrogens with one attached hydrogen (secondary N) is 2. The largest absolute Gasteiger partial charge is 0.481 e. The number of aliphatic carboxylic acids is 1. The molecule has 4 N–H and O–H groups in total. The maximum atomic E-state index is 11.9. The van der Waals surface area contributed by atoms with Crippen LogP contribution in [0.2, 0.25) is 0 Å². The molecule has 22 heavy (non-hydrogen) atoms. The number of ether oxygens (including phenoxy) is 1. The van der Waals surface area contributed by atoms with Crippen molar-refractivity contribution in [3.8, 4) is 0 Å². The Balaban J connectivity index is 1.86. The second-order valence-electron chi connectivity index (χ2n) is 5.23. The number of carboxylic acid groups (broad SMARTS) is 1. The van der Waals surface area contributed by atoms with E-state index < -0.39 is 18.2 Å². The summed E-state index contributed by atoms with van der Waals surface area (Å²) in [5.41, 5.74) is 0.668. The van der Waals surface area contributed by atoms with Crippen LogP contribution in [-0.2, 0) is 9.53 Å². The van der Waals surface area contributed by atoms with Crippen LogP contribution in [0, 0.1) is 0 Å². The fourth-order valence-corrected chi connectivity index (χ4v) is 2.50. The lowest BCUT2D eigenvalue weighted by Crippen LogP contribution is -2.52. The Morgan fingerprint density at radius 3 is 2.59 bits per heavy atom. The first kappa shape index (κ1) is 16.3. The molecule has 1 fully saturated rings. The van der Waals surface area contributed by atoms with Crippen LogP contribution < -0.4 is 10.6 Å². The average molecular weight is 308 g/mol. The van der Waals surface area contributed by atoms with Gasteiger partial charge in [-0.1, -0.05) is 18.2 Å². The molecule has 3 atom stereocenters. The van der Waals surface area contributed by atoms with Crippen molar-refractivity contribution in [2.45, 2.75) is 37.5 Å². The molecule has 1 aliphatic rings. The lowest BCUT2D eigenvalue weighted by Gasteiger charge is -2.35. The minimum atomic E-state index is -0.935. The summed E-state index contributed by atoms with van der Waals surface area (Å²) in [5, 5.41) is 23.6. The fraction of sp³-hybridized carbons (Fsp3) is 0.467. The van der Waals surface area contributed by atoms with Gasteiger partial charge in [0, 0.05) is 5.69 Å². The summed E-state index contributed by atoms with van der Waals surface area (Å²) in [5.74, 6) is -0.935. The number of carboxylic acids is 1. The molecule has 0 radical (unpaired) electrons. The summed E-state index contributed by atoms with van der Waals surface area (Å²) in [4.78, 5) is 22.7. The van der Waals surface area contributed by atoms with E-state index in [1.54, 1.807) is 12.1 Å². The molecule has 0 bridgehead atoms. The highest BCUT2D eigenvalue weighted by Crippen LogP contribution is 2.22. The predicted molar refractivity (Wildman–Crippen MR) is 79.6 cm³/mol. The molecule has 1 aromatic carbocycles. The first-order chi connectivity index (χ1) is 10.6. The second kappa shape index (κ2) is 7.77. The van der Waals surface area contributed by atoms with Crippen LogP contribution >= 0.6 is 0 Å². The van der Waals surface area contributed by atoms with E-state index in [1.165, 1.54) is 0 Å². The Kier molecular flexibility index (Phi) is 5.74. The van der Waals surface area contributed by atoms with E-state index in [4.69, 9.17) is 9.84 Å². The number of hydrogen-bond acceptors (Lipinski definition) is 4. The van der Waals surface area contributed by atoms with Gasteiger partial charge < -0.3 is 25.6 Å². The predicted octanol–water partition coefficient (Wildman–Crippen LogP) is 1.19. The summed E-state index contributed by atoms with van der Waals surface area (Å²) in [7, 11) is 0. The van der Waals surface area contributed by atoms with Gasteiger partial charge in [0.05, 0.1) is 25.2 Å². The van der Waals surface area contributed by atoms with E-state index in [9.17, 15) is 14.7 Å². The van der Waals surface area contributed by atoms with Crippen LogP contribution in [0.1, 0.15) is 19.3 Å². The highest BCUT2D eigenvalue weighted by atomic mass is 16.5. The van der Waals surface area contributed by atoms with Crippen molar-refractivity contribution in [3.05, 3.63) is 30.3 Å². The normalized spacial score (nSPS) is 24.5. The number of urea groups is 1. The smallest absolute Gasteiger partial charge is 0.319 e. The molecule has 1 heterocycles. The van der Waals surface area contributed by atoms with Crippen LogP contribution in [0.5, 0.6) is 0 Å². The Morgan fingerprint density at radius 2 is 1.95 bits per heavy atom. The number of aliphatic hydroxyl groups is 1. The Hall–Kier alpha value is -2.12. The van der Waals surface area contributed by atoms with Gasteiger partial charge in [-0.25, -0.2) is 4.79 Å². The number of hydrogen-bond donors (Lipinski definition) is 4. The lowest BCUT2D eigenvalue weighted by molar-refractivity contribution is -0.145. The number of carbonyl (C=O) groups excluding carboxylic acids is 1. The zero-order valence-corrected chi connectivity index (χ0v) is 12.1. The Morgan fingerprint density at radius 1 is 1.23 bits per heavy atom. The number of aliphatic hydroxyl groups excluding tert-OH is 1. The van der Waals surface area contributed by atoms with Crippen molar-refractivity contribution in [1.82, 2.24) is 5.32 Å². The summed E-state index contributed by atoms with van der Waals surface area (Å²) in [6.07, 6.45) is -0.0336. The lowest BCUT2D eigenvalue weighted by atomic mass is 9.97. The third-order valence-corrected chi connectivity index (χ3v) is 3.55. The number of carbonyl (C=O) groups is 2. The monoisotopic (exact) mass is 308 g/mol. The quantitative estimate of drug-likeness (QED) is 0.653. The van der Waals surface area contributed by atoms with Crippen LogP contribution in [0.25, 0.3) is 0 Å². The van der Waals surface area contributed by atoms with E-state index >= 15 is 0 Å². The van der Waals surface area contributed by atoms with Gasteiger partial charge in [0.25, 0.3) is 0 Å². The van der Waals surface area contributed by atoms with Gasteiger partial charge in [0.15, 0.2) is 0 Å². The average Bonchev–Trinajstić information content (AvgIpc) is 2.49. The molecule has 1 saturated heterocycles. The van der Waals surface area contributed by atoms with Crippen LogP contribution in [0.15, 0.2) is 30.3 Å². The maximum Gasteiger partial charge on any atom is 0.319 e. The van der Waals surface area contributed by atoms with Gasteiger partial charge in [0.2, 0.25) is 0 Å². The summed E-state index contributed by atoms with van der Waals surface area (Å²) >= 11 is 0. The maximum absolute atomic E-state index is 11.9. The summed E-state index contributed by atoms with van der Waals surface area (Å²) < 4.78 is 5.54. The number of benzene rings is 1. The standard InChI is InChI=1S/C15H20N2O5/c18-9-13-12(7-6-11(22-13)8-14(19)20)17-15(21)16-10-4-2-1-3-5-10/h1-5,11-13,18H,6-9H2,(H,19,20)(H2,16,17,21)/t11-,12+,13-/m0/s1. The van der Waals surface area contributed by atoms with E-state index in [-0.39, 0.29) is 25.1 Å². The molecular formula is C15H20N2O5. The minimum Gasteiger partial charge on any atom is -0.481 e. The molecule has 2 amide bonds. The van der Waals surface area contributed by atoms with Gasteiger partial charge in [-0.2, -0.15) is 0 Å². The number of amides is 2. The third-order valence-electron chi connectivity index (χ3n) is 3.55. The number of para-hydroxylation sites is 1. The van der Waals surface area contributed by atoms with E-state index in [1.807, 2.05) is 18.2 Å². The molecule has 1 aromatic rings. The zero-order chi connectivity index (χ0) is 15.9. The molecule has 0 saturated carbocycles. The van der Waals surface area contributed by atoms with Crippen LogP contribution in [0.4, 0.5) is 10.5 Å². The van der Waals surface area contributed by atoms with Crippen molar-refractivity contribution < 1.29 is 24.5 Å². The fourth-order valence-electron chi connectivity index (χ4n) is 2.50. The topological polar surface area (TPSA) is 108 Å². The SMILES string of the molecule is O=C(O)C[C@@H]1CC[C@@H](NC(=O)Nc2ccccc2)[C@H](CO)O1. The minimum absolute atomic E-state index is 0.0978. The van der Waals surface area contributed by atoms with Gasteiger partial charge in [-0.3, -0.25) is 4.79 Å². The molecule has 2 rings (SSSR count). The molecule has 120 valence electrons. The molecule has 0 aromatic heterocycles. The van der Waals surface area contributed by atoms with E-state index in [0.29, 0.717) is 18.5 Å². The number of rotatable bonds is 5. The van der Waals surface area contributed by atoms with Crippen molar-refractivity contribution >= 4 is 17.7 Å². The second-order valence-corrected chi connectivity index (χ2v) is 5.23. The summed E-state index contributed by atoms with van der Waals surface area (Å²) in [6.45, 7) is -0.271. The van der Waals surface area contributed by atoms with E-state index in [0.717, 1.165) is 0 Å². The first-order valence-electron chi connectivity index (χ1n) is 7.19. The number of anilines is 1. The highest BCUT2D eigenvalue weighted by molar-refractivity contribution is 5.89. The van der Waals surface area contributed by atoms with Crippen molar-refractivity contribution in [3.63, 3.8) is 0 Å².